The molecule has 0 aliphatic rings. The van der Waals surface area contributed by atoms with E-state index in [-0.39, 0.29) is 24.4 Å². The van der Waals surface area contributed by atoms with Crippen LogP contribution in [0.2, 0.25) is 0 Å². The Morgan fingerprint density at radius 2 is 1.90 bits per heavy atom. The topological polar surface area (TPSA) is 75.4 Å². The van der Waals surface area contributed by atoms with E-state index in [4.69, 9.17) is 5.73 Å². The van der Waals surface area contributed by atoms with Crippen molar-refractivity contribution < 1.29 is 9.59 Å². The van der Waals surface area contributed by atoms with Crippen LogP contribution >= 0.6 is 0 Å². The monoisotopic (exact) mass is 275 g/mol. The van der Waals surface area contributed by atoms with Gasteiger partial charge in [-0.3, -0.25) is 9.59 Å². The molecule has 0 fully saturated rings. The lowest BCUT2D eigenvalue weighted by molar-refractivity contribution is -0.131. The second-order valence-electron chi connectivity index (χ2n) is 4.92. The van der Waals surface area contributed by atoms with Crippen molar-refractivity contribution in [2.24, 2.45) is 0 Å². The van der Waals surface area contributed by atoms with E-state index < -0.39 is 0 Å². The van der Waals surface area contributed by atoms with Crippen molar-refractivity contribution in [2.75, 3.05) is 19.3 Å². The number of nitrogens with one attached hydrogen (secondary N) is 1. The molecule has 0 aliphatic carbocycles. The molecule has 5 nitrogen and oxygen atoms in total. The smallest absolute Gasteiger partial charge is 0.246 e. The number of nitrogens with zero attached hydrogens (tertiary/aromatic N) is 1. The second-order valence-corrected chi connectivity index (χ2v) is 4.92. The fourth-order valence-corrected chi connectivity index (χ4v) is 1.56. The maximum Gasteiger partial charge on any atom is 0.246 e. The number of nitrogens with two attached hydrogens (primary N) is 1. The van der Waals surface area contributed by atoms with Crippen molar-refractivity contribution in [3.8, 4) is 0 Å². The summed E-state index contributed by atoms with van der Waals surface area (Å²) >= 11 is 0. The van der Waals surface area contributed by atoms with Gasteiger partial charge in [-0.1, -0.05) is 12.1 Å². The van der Waals surface area contributed by atoms with Crippen molar-refractivity contribution in [1.82, 2.24) is 10.2 Å². The number of carbonyl (C=O) groups excluding carboxylic acids is 2. The standard InChI is InChI=1S/C15H21N3O2/c1-11(2)17-14(19)10-18(3)15(20)9-6-12-4-7-13(16)8-5-12/h4-9,11H,10,16H2,1-3H3,(H,17,19)/b9-6+. The minimum atomic E-state index is -0.222. The van der Waals surface area contributed by atoms with Crippen LogP contribution in [0.25, 0.3) is 6.08 Å². The van der Waals surface area contributed by atoms with Gasteiger partial charge in [0.25, 0.3) is 0 Å². The van der Waals surface area contributed by atoms with Crippen molar-refractivity contribution in [1.29, 1.82) is 0 Å². The SMILES string of the molecule is CC(C)NC(=O)CN(C)C(=O)/C=C/c1ccc(N)cc1. The van der Waals surface area contributed by atoms with E-state index in [1.54, 1.807) is 25.3 Å². The quantitative estimate of drug-likeness (QED) is 0.627. The van der Waals surface area contributed by atoms with Gasteiger partial charge in [0.05, 0.1) is 6.54 Å². The highest BCUT2D eigenvalue weighted by Gasteiger charge is 2.10. The molecule has 0 unspecified atom stereocenters. The van der Waals surface area contributed by atoms with Gasteiger partial charge in [0.15, 0.2) is 0 Å². The number of benzene rings is 1. The minimum Gasteiger partial charge on any atom is -0.399 e. The zero-order chi connectivity index (χ0) is 15.1. The molecule has 1 rings (SSSR count). The van der Waals surface area contributed by atoms with Crippen LogP contribution < -0.4 is 11.1 Å². The Morgan fingerprint density at radius 1 is 1.30 bits per heavy atom. The van der Waals surface area contributed by atoms with Crippen molar-refractivity contribution in [3.05, 3.63) is 35.9 Å². The molecule has 0 aliphatic heterocycles. The van der Waals surface area contributed by atoms with Crippen LogP contribution in [0.5, 0.6) is 0 Å². The fraction of sp³-hybridized carbons (Fsp3) is 0.333. The fourth-order valence-electron chi connectivity index (χ4n) is 1.56. The summed E-state index contributed by atoms with van der Waals surface area (Å²) in [5.41, 5.74) is 7.14. The van der Waals surface area contributed by atoms with Crippen LogP contribution in [0.3, 0.4) is 0 Å². The first-order chi connectivity index (χ1) is 9.38. The van der Waals surface area contributed by atoms with E-state index in [9.17, 15) is 9.59 Å². The molecule has 3 N–H and O–H groups in total. The van der Waals surface area contributed by atoms with Crippen molar-refractivity contribution in [3.63, 3.8) is 0 Å². The zero-order valence-electron chi connectivity index (χ0n) is 12.1. The third-order valence-electron chi connectivity index (χ3n) is 2.56. The van der Waals surface area contributed by atoms with E-state index in [1.807, 2.05) is 26.0 Å². The molecule has 20 heavy (non-hydrogen) atoms. The van der Waals surface area contributed by atoms with Crippen LogP contribution in [0.4, 0.5) is 5.69 Å². The maximum atomic E-state index is 11.8. The molecule has 1 aromatic carbocycles. The predicted octanol–water partition coefficient (Wildman–Crippen LogP) is 1.26. The Hall–Kier alpha value is -2.30. The van der Waals surface area contributed by atoms with Gasteiger partial charge in [0.1, 0.15) is 0 Å². The third kappa shape index (κ3) is 5.56. The molecule has 0 aromatic heterocycles. The molecule has 0 radical (unpaired) electrons. The third-order valence-corrected chi connectivity index (χ3v) is 2.56. The van der Waals surface area contributed by atoms with Crippen molar-refractivity contribution in [2.45, 2.75) is 19.9 Å². The van der Waals surface area contributed by atoms with E-state index >= 15 is 0 Å². The normalized spacial score (nSPS) is 10.8. The van der Waals surface area contributed by atoms with Gasteiger partial charge >= 0.3 is 0 Å². The number of amides is 2. The zero-order valence-corrected chi connectivity index (χ0v) is 12.1. The lowest BCUT2D eigenvalue weighted by Gasteiger charge is -2.16. The van der Waals surface area contributed by atoms with Crippen LogP contribution in [0, 0.1) is 0 Å². The highest BCUT2D eigenvalue weighted by atomic mass is 16.2. The molecular formula is C15H21N3O2. The molecule has 0 atom stereocenters. The summed E-state index contributed by atoms with van der Waals surface area (Å²) in [5, 5.41) is 2.74. The number of hydrogen-bond acceptors (Lipinski definition) is 3. The molecule has 1 aromatic rings. The minimum absolute atomic E-state index is 0.0447. The molecule has 108 valence electrons. The van der Waals surface area contributed by atoms with E-state index in [1.165, 1.54) is 11.0 Å². The van der Waals surface area contributed by atoms with Crippen molar-refractivity contribution >= 4 is 23.6 Å². The average Bonchev–Trinajstić information content (AvgIpc) is 2.36. The summed E-state index contributed by atoms with van der Waals surface area (Å²) in [6, 6.07) is 7.25. The molecular weight excluding hydrogens is 254 g/mol. The summed E-state index contributed by atoms with van der Waals surface area (Å²) in [7, 11) is 1.59. The molecule has 0 spiro atoms. The van der Waals surface area contributed by atoms with Gasteiger partial charge in [-0.15, -0.1) is 0 Å². The number of rotatable bonds is 5. The van der Waals surface area contributed by atoms with Crippen LogP contribution in [0.15, 0.2) is 30.3 Å². The molecule has 0 bridgehead atoms. The Bertz CT molecular complexity index is 492. The number of carbonyl (C=O) groups is 2. The maximum absolute atomic E-state index is 11.8. The van der Waals surface area contributed by atoms with Gasteiger partial charge in [0.2, 0.25) is 11.8 Å². The number of likely N-dealkylation sites (N-methyl/N-ethyl adjacent to an activating group) is 1. The number of anilines is 1. The summed E-state index contributed by atoms with van der Waals surface area (Å²) in [4.78, 5) is 24.7. The highest BCUT2D eigenvalue weighted by Crippen LogP contribution is 2.07. The predicted molar refractivity (Wildman–Crippen MR) is 80.8 cm³/mol. The average molecular weight is 275 g/mol. The van der Waals surface area contributed by atoms with E-state index in [0.717, 1.165) is 5.56 Å². The molecule has 0 saturated heterocycles. The Kier molecular flexibility index (Phi) is 5.77. The summed E-state index contributed by atoms with van der Waals surface area (Å²) in [6.07, 6.45) is 3.13. The Morgan fingerprint density at radius 3 is 2.45 bits per heavy atom. The van der Waals surface area contributed by atoms with Gasteiger partial charge in [-0.05, 0) is 37.6 Å². The molecule has 2 amide bonds. The first-order valence-corrected chi connectivity index (χ1v) is 6.46. The van der Waals surface area contributed by atoms with Gasteiger partial charge < -0.3 is 16.0 Å². The first kappa shape index (κ1) is 15.8. The number of hydrogen-bond donors (Lipinski definition) is 2. The van der Waals surface area contributed by atoms with E-state index in [2.05, 4.69) is 5.32 Å². The van der Waals surface area contributed by atoms with E-state index in [0.29, 0.717) is 5.69 Å². The van der Waals surface area contributed by atoms with Crippen LogP contribution in [-0.2, 0) is 9.59 Å². The number of nitrogen functional groups attached to an aromatic ring is 1. The van der Waals surface area contributed by atoms with Gasteiger partial charge in [-0.2, -0.15) is 0 Å². The molecule has 0 saturated carbocycles. The Balaban J connectivity index is 2.53. The first-order valence-electron chi connectivity index (χ1n) is 6.46. The highest BCUT2D eigenvalue weighted by molar-refractivity contribution is 5.94. The second kappa shape index (κ2) is 7.33. The Labute approximate surface area is 119 Å². The lowest BCUT2D eigenvalue weighted by atomic mass is 10.2. The summed E-state index contributed by atoms with van der Waals surface area (Å²) in [6.45, 7) is 3.80. The summed E-state index contributed by atoms with van der Waals surface area (Å²) < 4.78 is 0. The van der Waals surface area contributed by atoms with Gasteiger partial charge in [-0.25, -0.2) is 0 Å². The largest absolute Gasteiger partial charge is 0.399 e. The molecule has 5 heteroatoms. The lowest BCUT2D eigenvalue weighted by Crippen LogP contribution is -2.40. The summed E-state index contributed by atoms with van der Waals surface area (Å²) in [5.74, 6) is -0.391. The molecule has 0 heterocycles. The van der Waals surface area contributed by atoms with Gasteiger partial charge in [0, 0.05) is 24.9 Å². The van der Waals surface area contributed by atoms with Crippen LogP contribution in [0.1, 0.15) is 19.4 Å². The van der Waals surface area contributed by atoms with Crippen LogP contribution in [-0.4, -0.2) is 36.3 Å².